The molecule has 0 aliphatic rings. The maximum Gasteiger partial charge on any atom is 0.0662 e. The van der Waals surface area contributed by atoms with Crippen molar-refractivity contribution in [3.05, 3.63) is 53.3 Å². The van der Waals surface area contributed by atoms with Crippen molar-refractivity contribution in [1.29, 1.82) is 0 Å². The molecule has 2 aromatic rings. The van der Waals surface area contributed by atoms with Gasteiger partial charge in [0.2, 0.25) is 0 Å². The van der Waals surface area contributed by atoms with Gasteiger partial charge in [0.1, 0.15) is 0 Å². The molecule has 1 heterocycles. The monoisotopic (exact) mass is 229 g/mol. The summed E-state index contributed by atoms with van der Waals surface area (Å²) in [6.07, 6.45) is 1.89. The molecule has 0 amide bonds. The molecule has 0 saturated heterocycles. The Labute approximate surface area is 102 Å². The second-order valence-corrected chi connectivity index (χ2v) is 4.56. The lowest BCUT2D eigenvalue weighted by Gasteiger charge is -2.12. The third-order valence-corrected chi connectivity index (χ3v) is 2.90. The Kier molecular flexibility index (Phi) is 3.59. The fourth-order valence-electron chi connectivity index (χ4n) is 2.14. The van der Waals surface area contributed by atoms with Gasteiger partial charge in [-0.25, -0.2) is 0 Å². The first kappa shape index (κ1) is 11.9. The molecular weight excluding hydrogens is 210 g/mol. The van der Waals surface area contributed by atoms with Crippen LogP contribution >= 0.6 is 0 Å². The number of nitrogens with two attached hydrogens (primary N) is 1. The molecule has 1 aromatic carbocycles. The van der Waals surface area contributed by atoms with E-state index in [-0.39, 0.29) is 0 Å². The number of rotatable bonds is 4. The molecule has 2 rings (SSSR count). The van der Waals surface area contributed by atoms with Gasteiger partial charge in [-0.2, -0.15) is 5.10 Å². The summed E-state index contributed by atoms with van der Waals surface area (Å²) >= 11 is 0. The molecule has 1 aromatic heterocycles. The van der Waals surface area contributed by atoms with E-state index in [9.17, 15) is 0 Å². The molecule has 0 fully saturated rings. The Hall–Kier alpha value is -1.61. The number of benzene rings is 1. The third-order valence-electron chi connectivity index (χ3n) is 2.90. The maximum atomic E-state index is 5.74. The molecule has 0 spiro atoms. The Morgan fingerprint density at radius 3 is 2.53 bits per heavy atom. The summed E-state index contributed by atoms with van der Waals surface area (Å²) in [4.78, 5) is 0. The average Bonchev–Trinajstić information content (AvgIpc) is 2.73. The first-order chi connectivity index (χ1) is 8.22. The van der Waals surface area contributed by atoms with Gasteiger partial charge in [0.25, 0.3) is 0 Å². The van der Waals surface area contributed by atoms with E-state index in [2.05, 4.69) is 47.9 Å². The fourth-order valence-corrected chi connectivity index (χ4v) is 2.14. The molecule has 0 saturated carbocycles. The molecule has 0 aliphatic carbocycles. The second kappa shape index (κ2) is 5.15. The molecule has 0 bridgehead atoms. The Balaban J connectivity index is 2.30. The van der Waals surface area contributed by atoms with E-state index >= 15 is 0 Å². The largest absolute Gasteiger partial charge is 0.326 e. The number of aromatic nitrogens is 2. The smallest absolute Gasteiger partial charge is 0.0662 e. The molecule has 0 atom stereocenters. The van der Waals surface area contributed by atoms with Crippen molar-refractivity contribution < 1.29 is 0 Å². The summed E-state index contributed by atoms with van der Waals surface area (Å²) in [7, 11) is 0. The van der Waals surface area contributed by atoms with Gasteiger partial charge in [-0.3, -0.25) is 4.68 Å². The molecule has 90 valence electrons. The highest BCUT2D eigenvalue weighted by molar-refractivity contribution is 5.23. The van der Waals surface area contributed by atoms with Crippen molar-refractivity contribution >= 4 is 0 Å². The Morgan fingerprint density at radius 1 is 1.24 bits per heavy atom. The van der Waals surface area contributed by atoms with Crippen molar-refractivity contribution in [2.45, 2.75) is 32.9 Å². The zero-order valence-electron chi connectivity index (χ0n) is 10.4. The molecule has 17 heavy (non-hydrogen) atoms. The van der Waals surface area contributed by atoms with Gasteiger partial charge in [0.05, 0.1) is 12.7 Å². The summed E-state index contributed by atoms with van der Waals surface area (Å²) in [5.41, 5.74) is 9.40. The van der Waals surface area contributed by atoms with Crippen LogP contribution in [0.1, 0.15) is 36.6 Å². The highest BCUT2D eigenvalue weighted by Gasteiger charge is 2.13. The first-order valence-electron chi connectivity index (χ1n) is 6.01. The van der Waals surface area contributed by atoms with E-state index in [4.69, 9.17) is 5.73 Å². The number of hydrogen-bond acceptors (Lipinski definition) is 2. The zero-order chi connectivity index (χ0) is 12.3. The summed E-state index contributed by atoms with van der Waals surface area (Å²) in [5, 5.41) is 4.44. The van der Waals surface area contributed by atoms with E-state index < -0.39 is 0 Å². The molecule has 2 N–H and O–H groups in total. The van der Waals surface area contributed by atoms with Crippen LogP contribution in [0.3, 0.4) is 0 Å². The Morgan fingerprint density at radius 2 is 1.94 bits per heavy atom. The lowest BCUT2D eigenvalue weighted by molar-refractivity contribution is 0.614. The van der Waals surface area contributed by atoms with Gasteiger partial charge >= 0.3 is 0 Å². The molecule has 3 nitrogen and oxygen atoms in total. The van der Waals surface area contributed by atoms with Crippen LogP contribution in [-0.2, 0) is 13.1 Å². The molecule has 0 radical (unpaired) electrons. The normalized spacial score (nSPS) is 11.1. The Bertz CT molecular complexity index is 471. The highest BCUT2D eigenvalue weighted by Crippen LogP contribution is 2.20. The predicted octanol–water partition coefficient (Wildman–Crippen LogP) is 2.51. The van der Waals surface area contributed by atoms with Crippen LogP contribution in [0.2, 0.25) is 0 Å². The topological polar surface area (TPSA) is 43.8 Å². The number of hydrogen-bond donors (Lipinski definition) is 1. The molecule has 0 aliphatic heterocycles. The van der Waals surface area contributed by atoms with Gasteiger partial charge in [-0.15, -0.1) is 0 Å². The van der Waals surface area contributed by atoms with E-state index in [1.54, 1.807) is 0 Å². The van der Waals surface area contributed by atoms with E-state index in [0.717, 1.165) is 12.1 Å². The van der Waals surface area contributed by atoms with Crippen molar-refractivity contribution in [1.82, 2.24) is 9.78 Å². The van der Waals surface area contributed by atoms with Gasteiger partial charge in [0.15, 0.2) is 0 Å². The standard InChI is InChI=1S/C14H19N3/c1-11(2)14-13(8-15)9-16-17(14)10-12-6-4-3-5-7-12/h3-7,9,11H,8,10,15H2,1-2H3. The summed E-state index contributed by atoms with van der Waals surface area (Å²) in [6.45, 7) is 5.73. The highest BCUT2D eigenvalue weighted by atomic mass is 15.3. The van der Waals surface area contributed by atoms with Crippen molar-refractivity contribution in [3.8, 4) is 0 Å². The minimum atomic E-state index is 0.444. The predicted molar refractivity (Wildman–Crippen MR) is 69.8 cm³/mol. The molecule has 3 heteroatoms. The lowest BCUT2D eigenvalue weighted by atomic mass is 10.1. The molecular formula is C14H19N3. The fraction of sp³-hybridized carbons (Fsp3) is 0.357. The van der Waals surface area contributed by atoms with Crippen molar-refractivity contribution in [2.24, 2.45) is 5.73 Å². The van der Waals surface area contributed by atoms with Gasteiger partial charge in [-0.05, 0) is 11.5 Å². The van der Waals surface area contributed by atoms with Gasteiger partial charge in [-0.1, -0.05) is 44.2 Å². The van der Waals surface area contributed by atoms with Gasteiger partial charge in [0, 0.05) is 17.8 Å². The summed E-state index contributed by atoms with van der Waals surface area (Å²) in [5.74, 6) is 0.444. The van der Waals surface area contributed by atoms with E-state index in [1.807, 2.05) is 12.3 Å². The van der Waals surface area contributed by atoms with Gasteiger partial charge < -0.3 is 5.73 Å². The minimum absolute atomic E-state index is 0.444. The zero-order valence-corrected chi connectivity index (χ0v) is 10.4. The minimum Gasteiger partial charge on any atom is -0.326 e. The van der Waals surface area contributed by atoms with E-state index in [1.165, 1.54) is 11.3 Å². The van der Waals surface area contributed by atoms with Crippen LogP contribution < -0.4 is 5.73 Å². The van der Waals surface area contributed by atoms with Crippen LogP contribution in [0, 0.1) is 0 Å². The summed E-state index contributed by atoms with van der Waals surface area (Å²) < 4.78 is 2.06. The third kappa shape index (κ3) is 2.56. The van der Waals surface area contributed by atoms with E-state index in [0.29, 0.717) is 12.5 Å². The SMILES string of the molecule is CC(C)c1c(CN)cnn1Cc1ccccc1. The van der Waals surface area contributed by atoms with Crippen LogP contribution in [-0.4, -0.2) is 9.78 Å². The quantitative estimate of drug-likeness (QED) is 0.875. The van der Waals surface area contributed by atoms with Crippen LogP contribution in [0.25, 0.3) is 0 Å². The summed E-state index contributed by atoms with van der Waals surface area (Å²) in [6, 6.07) is 10.4. The number of nitrogens with zero attached hydrogens (tertiary/aromatic N) is 2. The van der Waals surface area contributed by atoms with Crippen molar-refractivity contribution in [3.63, 3.8) is 0 Å². The maximum absolute atomic E-state index is 5.74. The van der Waals surface area contributed by atoms with Crippen LogP contribution in [0.5, 0.6) is 0 Å². The van der Waals surface area contributed by atoms with Crippen molar-refractivity contribution in [2.75, 3.05) is 0 Å². The molecule has 0 unspecified atom stereocenters. The lowest BCUT2D eigenvalue weighted by Crippen LogP contribution is -2.10. The average molecular weight is 229 g/mol. The second-order valence-electron chi connectivity index (χ2n) is 4.56. The first-order valence-corrected chi connectivity index (χ1v) is 6.01. The van der Waals surface area contributed by atoms with Crippen LogP contribution in [0.4, 0.5) is 0 Å². The van der Waals surface area contributed by atoms with Crippen LogP contribution in [0.15, 0.2) is 36.5 Å².